The van der Waals surface area contributed by atoms with Gasteiger partial charge in [0.05, 0.1) is 6.04 Å². The SMILES string of the molecule is CC(c1ccccc1Cl)N(C)C(=O)/C=C/C(=O)O. The van der Waals surface area contributed by atoms with E-state index in [0.29, 0.717) is 5.02 Å². The highest BCUT2D eigenvalue weighted by Gasteiger charge is 2.17. The average molecular weight is 268 g/mol. The Bertz CT molecular complexity index is 485. The predicted molar refractivity (Wildman–Crippen MR) is 69.4 cm³/mol. The fourth-order valence-electron chi connectivity index (χ4n) is 1.47. The van der Waals surface area contributed by atoms with Crippen LogP contribution in [0.4, 0.5) is 0 Å². The van der Waals surface area contributed by atoms with Crippen LogP contribution in [-0.2, 0) is 9.59 Å². The number of carbonyl (C=O) groups excluding carboxylic acids is 1. The van der Waals surface area contributed by atoms with E-state index >= 15 is 0 Å². The van der Waals surface area contributed by atoms with Gasteiger partial charge in [-0.2, -0.15) is 0 Å². The zero-order chi connectivity index (χ0) is 13.7. The number of halogens is 1. The van der Waals surface area contributed by atoms with E-state index in [2.05, 4.69) is 0 Å². The molecule has 0 aliphatic carbocycles. The third-order valence-electron chi connectivity index (χ3n) is 2.65. The first-order valence-corrected chi connectivity index (χ1v) is 5.73. The van der Waals surface area contributed by atoms with E-state index < -0.39 is 5.97 Å². The lowest BCUT2D eigenvalue weighted by molar-refractivity contribution is -0.132. The Balaban J connectivity index is 2.84. The Labute approximate surface area is 110 Å². The van der Waals surface area contributed by atoms with Gasteiger partial charge in [-0.1, -0.05) is 29.8 Å². The molecule has 1 atom stereocenters. The molecule has 1 rings (SSSR count). The molecule has 1 amide bonds. The summed E-state index contributed by atoms with van der Waals surface area (Å²) in [5.41, 5.74) is 0.818. The summed E-state index contributed by atoms with van der Waals surface area (Å²) in [6, 6.07) is 6.99. The Kier molecular flexibility index (Phi) is 4.92. The van der Waals surface area contributed by atoms with Gasteiger partial charge >= 0.3 is 5.97 Å². The molecule has 1 aromatic carbocycles. The first-order valence-electron chi connectivity index (χ1n) is 5.35. The molecule has 0 radical (unpaired) electrons. The summed E-state index contributed by atoms with van der Waals surface area (Å²) in [5.74, 6) is -1.54. The summed E-state index contributed by atoms with van der Waals surface area (Å²) >= 11 is 6.05. The molecule has 0 bridgehead atoms. The van der Waals surface area contributed by atoms with Gasteiger partial charge < -0.3 is 10.0 Å². The number of carboxylic acid groups (broad SMARTS) is 1. The first-order chi connectivity index (χ1) is 8.43. The third-order valence-corrected chi connectivity index (χ3v) is 3.00. The van der Waals surface area contributed by atoms with E-state index in [-0.39, 0.29) is 11.9 Å². The highest BCUT2D eigenvalue weighted by atomic mass is 35.5. The monoisotopic (exact) mass is 267 g/mol. The number of carbonyl (C=O) groups is 2. The second kappa shape index (κ2) is 6.21. The van der Waals surface area contributed by atoms with Crippen LogP contribution in [0.3, 0.4) is 0 Å². The van der Waals surface area contributed by atoms with Crippen LogP contribution in [0.1, 0.15) is 18.5 Å². The number of rotatable bonds is 4. The number of amides is 1. The lowest BCUT2D eigenvalue weighted by atomic mass is 10.1. The summed E-state index contributed by atoms with van der Waals surface area (Å²) < 4.78 is 0. The van der Waals surface area contributed by atoms with Crippen molar-refractivity contribution in [2.75, 3.05) is 7.05 Å². The Morgan fingerprint density at radius 3 is 2.50 bits per heavy atom. The smallest absolute Gasteiger partial charge is 0.328 e. The van der Waals surface area contributed by atoms with Crippen LogP contribution in [0.15, 0.2) is 36.4 Å². The minimum absolute atomic E-state index is 0.232. The summed E-state index contributed by atoms with van der Waals surface area (Å²) in [6.45, 7) is 1.83. The Morgan fingerprint density at radius 2 is 1.94 bits per heavy atom. The largest absolute Gasteiger partial charge is 0.478 e. The van der Waals surface area contributed by atoms with Gasteiger partial charge in [0.1, 0.15) is 0 Å². The van der Waals surface area contributed by atoms with Gasteiger partial charge in [0.15, 0.2) is 0 Å². The average Bonchev–Trinajstić information content (AvgIpc) is 2.34. The molecule has 0 heterocycles. The van der Waals surface area contributed by atoms with Gasteiger partial charge in [0, 0.05) is 24.2 Å². The van der Waals surface area contributed by atoms with Gasteiger partial charge in [0.25, 0.3) is 0 Å². The van der Waals surface area contributed by atoms with Gasteiger partial charge in [-0.25, -0.2) is 4.79 Å². The van der Waals surface area contributed by atoms with E-state index in [1.165, 1.54) is 4.90 Å². The fraction of sp³-hybridized carbons (Fsp3) is 0.231. The molecule has 0 aromatic heterocycles. The van der Waals surface area contributed by atoms with Crippen molar-refractivity contribution in [3.8, 4) is 0 Å². The topological polar surface area (TPSA) is 57.6 Å². The van der Waals surface area contributed by atoms with Crippen molar-refractivity contribution in [2.24, 2.45) is 0 Å². The van der Waals surface area contributed by atoms with Crippen molar-refractivity contribution in [2.45, 2.75) is 13.0 Å². The minimum Gasteiger partial charge on any atom is -0.478 e. The van der Waals surface area contributed by atoms with Gasteiger partial charge in [0.2, 0.25) is 5.91 Å². The van der Waals surface area contributed by atoms with Crippen molar-refractivity contribution in [1.29, 1.82) is 0 Å². The van der Waals surface area contributed by atoms with Gasteiger partial charge in [-0.15, -0.1) is 0 Å². The number of carboxylic acids is 1. The summed E-state index contributed by atoms with van der Waals surface area (Å²) in [4.78, 5) is 23.5. The molecule has 1 N–H and O–H groups in total. The molecule has 0 saturated carbocycles. The van der Waals surface area contributed by atoms with E-state index in [1.807, 2.05) is 25.1 Å². The van der Waals surface area contributed by atoms with Crippen molar-refractivity contribution >= 4 is 23.5 Å². The fourth-order valence-corrected chi connectivity index (χ4v) is 1.77. The highest BCUT2D eigenvalue weighted by molar-refractivity contribution is 6.31. The van der Waals surface area contributed by atoms with Crippen LogP contribution in [0.2, 0.25) is 5.02 Å². The molecule has 96 valence electrons. The quantitative estimate of drug-likeness (QED) is 0.853. The molecule has 1 aromatic rings. The number of nitrogens with zero attached hydrogens (tertiary/aromatic N) is 1. The number of likely N-dealkylation sites (N-methyl/N-ethyl adjacent to an activating group) is 1. The van der Waals surface area contributed by atoms with Crippen LogP contribution < -0.4 is 0 Å². The molecule has 0 fully saturated rings. The van der Waals surface area contributed by atoms with Crippen molar-refractivity contribution in [3.05, 3.63) is 47.0 Å². The van der Waals surface area contributed by atoms with Gasteiger partial charge in [-0.3, -0.25) is 4.79 Å². The van der Waals surface area contributed by atoms with E-state index in [1.54, 1.807) is 13.1 Å². The molecule has 18 heavy (non-hydrogen) atoms. The van der Waals surface area contributed by atoms with E-state index in [0.717, 1.165) is 17.7 Å². The Morgan fingerprint density at radius 1 is 1.33 bits per heavy atom. The molecule has 4 nitrogen and oxygen atoms in total. The van der Waals surface area contributed by atoms with E-state index in [4.69, 9.17) is 16.7 Å². The number of aliphatic carboxylic acids is 1. The third kappa shape index (κ3) is 3.60. The van der Waals surface area contributed by atoms with Crippen LogP contribution in [0.25, 0.3) is 0 Å². The zero-order valence-corrected chi connectivity index (χ0v) is 10.9. The van der Waals surface area contributed by atoms with Crippen LogP contribution >= 0.6 is 11.6 Å². The first kappa shape index (κ1) is 14.3. The second-order valence-electron chi connectivity index (χ2n) is 3.82. The number of hydrogen-bond donors (Lipinski definition) is 1. The van der Waals surface area contributed by atoms with Gasteiger partial charge in [-0.05, 0) is 18.6 Å². The summed E-state index contributed by atoms with van der Waals surface area (Å²) in [6.07, 6.45) is 1.84. The van der Waals surface area contributed by atoms with Crippen molar-refractivity contribution < 1.29 is 14.7 Å². The highest BCUT2D eigenvalue weighted by Crippen LogP contribution is 2.26. The molecule has 0 saturated heterocycles. The Hall–Kier alpha value is -1.81. The molecular formula is C13H14ClNO3. The zero-order valence-electron chi connectivity index (χ0n) is 10.1. The van der Waals surface area contributed by atoms with Crippen molar-refractivity contribution in [3.63, 3.8) is 0 Å². The minimum atomic E-state index is -1.15. The summed E-state index contributed by atoms with van der Waals surface area (Å²) in [5, 5.41) is 9.04. The molecule has 0 aliphatic heterocycles. The maximum atomic E-state index is 11.7. The summed E-state index contributed by atoms with van der Waals surface area (Å²) in [7, 11) is 1.60. The number of hydrogen-bond acceptors (Lipinski definition) is 2. The molecule has 0 aliphatic rings. The number of benzene rings is 1. The van der Waals surface area contributed by atoms with Crippen LogP contribution in [0.5, 0.6) is 0 Å². The normalized spacial score (nSPS) is 12.4. The lowest BCUT2D eigenvalue weighted by Gasteiger charge is -2.24. The van der Waals surface area contributed by atoms with Crippen molar-refractivity contribution in [1.82, 2.24) is 4.90 Å². The maximum Gasteiger partial charge on any atom is 0.328 e. The second-order valence-corrected chi connectivity index (χ2v) is 4.23. The standard InChI is InChI=1S/C13H14ClNO3/c1-9(10-5-3-4-6-11(10)14)15(2)12(16)7-8-13(17)18/h3-9H,1-2H3,(H,17,18)/b8-7+. The van der Waals surface area contributed by atoms with Crippen LogP contribution in [-0.4, -0.2) is 28.9 Å². The maximum absolute atomic E-state index is 11.7. The van der Waals surface area contributed by atoms with E-state index in [9.17, 15) is 9.59 Å². The lowest BCUT2D eigenvalue weighted by Crippen LogP contribution is -2.28. The molecular weight excluding hydrogens is 254 g/mol. The molecule has 0 spiro atoms. The van der Waals surface area contributed by atoms with Crippen LogP contribution in [0, 0.1) is 0 Å². The molecule has 5 heteroatoms. The molecule has 1 unspecified atom stereocenters. The predicted octanol–water partition coefficient (Wildman–Crippen LogP) is 2.50.